The first kappa shape index (κ1) is 14.3. The molecule has 104 valence electrons. The van der Waals surface area contributed by atoms with E-state index in [-0.39, 0.29) is 5.91 Å². The second-order valence-electron chi connectivity index (χ2n) is 4.90. The van der Waals surface area contributed by atoms with Gasteiger partial charge in [0.25, 0.3) is 5.91 Å². The van der Waals surface area contributed by atoms with Crippen molar-refractivity contribution in [3.63, 3.8) is 0 Å². The average molecular weight is 328 g/mol. The number of benzene rings is 1. The summed E-state index contributed by atoms with van der Waals surface area (Å²) in [6.45, 7) is 3.38. The summed E-state index contributed by atoms with van der Waals surface area (Å²) in [5.41, 5.74) is 0.675. The molecular formula is C14H18BrNO3. The van der Waals surface area contributed by atoms with Gasteiger partial charge < -0.3 is 15.2 Å². The van der Waals surface area contributed by atoms with Crippen molar-refractivity contribution in [2.24, 2.45) is 0 Å². The van der Waals surface area contributed by atoms with Crippen LogP contribution >= 0.6 is 15.9 Å². The first-order valence-electron chi connectivity index (χ1n) is 6.42. The zero-order valence-corrected chi connectivity index (χ0v) is 12.6. The number of aliphatic hydroxyl groups excluding tert-OH is 1. The highest BCUT2D eigenvalue weighted by Gasteiger charge is 2.26. The van der Waals surface area contributed by atoms with Gasteiger partial charge in [0.05, 0.1) is 6.10 Å². The molecule has 0 saturated heterocycles. The number of rotatable bonds is 5. The first-order valence-corrected chi connectivity index (χ1v) is 7.21. The van der Waals surface area contributed by atoms with Gasteiger partial charge in [-0.15, -0.1) is 0 Å². The lowest BCUT2D eigenvalue weighted by Crippen LogP contribution is -2.37. The highest BCUT2D eigenvalue weighted by atomic mass is 79.9. The molecular weight excluding hydrogens is 310 g/mol. The first-order chi connectivity index (χ1) is 8.97. The Hall–Kier alpha value is -1.07. The third kappa shape index (κ3) is 3.94. The van der Waals surface area contributed by atoms with Crippen LogP contribution in [0.3, 0.4) is 0 Å². The molecule has 0 radical (unpaired) electrons. The fourth-order valence-electron chi connectivity index (χ4n) is 1.75. The monoisotopic (exact) mass is 327 g/mol. The van der Waals surface area contributed by atoms with Crippen LogP contribution in [0.5, 0.6) is 5.75 Å². The van der Waals surface area contributed by atoms with Gasteiger partial charge in [0.2, 0.25) is 0 Å². The molecule has 2 rings (SSSR count). The van der Waals surface area contributed by atoms with Gasteiger partial charge in [0, 0.05) is 16.1 Å². The number of nitrogens with one attached hydrogen (secondary N) is 1. The minimum atomic E-state index is -0.637. The minimum Gasteiger partial charge on any atom is -0.480 e. The largest absolute Gasteiger partial charge is 0.480 e. The Bertz CT molecular complexity index is 472. The van der Waals surface area contributed by atoms with Crippen molar-refractivity contribution in [2.75, 3.05) is 0 Å². The van der Waals surface area contributed by atoms with Crippen molar-refractivity contribution in [1.82, 2.24) is 5.32 Å². The summed E-state index contributed by atoms with van der Waals surface area (Å²) in [6, 6.07) is 5.71. The highest BCUT2D eigenvalue weighted by Crippen LogP contribution is 2.29. The summed E-state index contributed by atoms with van der Waals surface area (Å²) < 4.78 is 6.52. The van der Waals surface area contributed by atoms with E-state index in [1.165, 1.54) is 0 Å². The van der Waals surface area contributed by atoms with E-state index < -0.39 is 12.2 Å². The number of carbonyl (C=O) groups is 1. The lowest BCUT2D eigenvalue weighted by atomic mass is 10.1. The molecule has 19 heavy (non-hydrogen) atoms. The van der Waals surface area contributed by atoms with E-state index in [4.69, 9.17) is 4.74 Å². The van der Waals surface area contributed by atoms with Crippen LogP contribution in [0.1, 0.15) is 38.4 Å². The lowest BCUT2D eigenvalue weighted by Gasteiger charge is -2.18. The van der Waals surface area contributed by atoms with Crippen LogP contribution in [-0.2, 0) is 4.79 Å². The molecule has 1 aliphatic rings. The number of amides is 1. The van der Waals surface area contributed by atoms with Gasteiger partial charge in [-0.3, -0.25) is 4.79 Å². The van der Waals surface area contributed by atoms with Crippen LogP contribution in [0.15, 0.2) is 22.7 Å². The molecule has 2 unspecified atom stereocenters. The van der Waals surface area contributed by atoms with Crippen molar-refractivity contribution >= 4 is 21.8 Å². The molecule has 1 fully saturated rings. The third-order valence-electron chi connectivity index (χ3n) is 3.02. The van der Waals surface area contributed by atoms with Crippen molar-refractivity contribution in [3.8, 4) is 5.75 Å². The summed E-state index contributed by atoms with van der Waals surface area (Å²) in [7, 11) is 0. The fourth-order valence-corrected chi connectivity index (χ4v) is 2.09. The molecule has 1 amide bonds. The number of hydrogen-bond donors (Lipinski definition) is 2. The fraction of sp³-hybridized carbons (Fsp3) is 0.500. The van der Waals surface area contributed by atoms with Gasteiger partial charge >= 0.3 is 0 Å². The van der Waals surface area contributed by atoms with Gasteiger partial charge in [-0.1, -0.05) is 22.0 Å². The summed E-state index contributed by atoms with van der Waals surface area (Å²) in [5.74, 6) is 0.418. The average Bonchev–Trinajstić information content (AvgIpc) is 3.12. The molecule has 0 aliphatic heterocycles. The predicted octanol–water partition coefficient (Wildman–Crippen LogP) is 2.55. The molecule has 2 N–H and O–H groups in total. The molecule has 1 aromatic rings. The molecule has 1 aliphatic carbocycles. The maximum absolute atomic E-state index is 11.9. The van der Waals surface area contributed by atoms with Crippen LogP contribution in [0, 0.1) is 0 Å². The Kier molecular flexibility index (Phi) is 4.47. The molecule has 0 heterocycles. The molecule has 2 atom stereocenters. The normalized spacial score (nSPS) is 17.7. The van der Waals surface area contributed by atoms with E-state index in [1.54, 1.807) is 26.0 Å². The number of aliphatic hydroxyl groups is 1. The molecule has 5 heteroatoms. The molecule has 0 aromatic heterocycles. The predicted molar refractivity (Wildman–Crippen MR) is 76.0 cm³/mol. The van der Waals surface area contributed by atoms with E-state index in [9.17, 15) is 9.90 Å². The summed E-state index contributed by atoms with van der Waals surface area (Å²) >= 11 is 3.36. The molecule has 0 spiro atoms. The maximum atomic E-state index is 11.9. The maximum Gasteiger partial charge on any atom is 0.260 e. The van der Waals surface area contributed by atoms with Crippen molar-refractivity contribution < 1.29 is 14.6 Å². The number of halogens is 1. The molecule has 1 aromatic carbocycles. The SMILES string of the molecule is CC(Oc1cc(Br)ccc1C(C)O)C(=O)NC1CC1. The van der Waals surface area contributed by atoms with Crippen LogP contribution in [0.2, 0.25) is 0 Å². The Morgan fingerprint density at radius 3 is 2.74 bits per heavy atom. The van der Waals surface area contributed by atoms with Crippen LogP contribution in [-0.4, -0.2) is 23.2 Å². The lowest BCUT2D eigenvalue weighted by molar-refractivity contribution is -0.127. The van der Waals surface area contributed by atoms with Crippen LogP contribution < -0.4 is 10.1 Å². The Morgan fingerprint density at radius 2 is 2.16 bits per heavy atom. The Morgan fingerprint density at radius 1 is 1.47 bits per heavy atom. The van der Waals surface area contributed by atoms with Crippen molar-refractivity contribution in [2.45, 2.75) is 44.9 Å². The summed E-state index contributed by atoms with van der Waals surface area (Å²) in [6.07, 6.45) is 0.886. The van der Waals surface area contributed by atoms with E-state index in [2.05, 4.69) is 21.2 Å². The molecule has 4 nitrogen and oxygen atoms in total. The smallest absolute Gasteiger partial charge is 0.260 e. The minimum absolute atomic E-state index is 0.112. The number of ether oxygens (including phenoxy) is 1. The summed E-state index contributed by atoms with van der Waals surface area (Å²) in [5, 5.41) is 12.6. The van der Waals surface area contributed by atoms with E-state index in [1.807, 2.05) is 6.07 Å². The Labute approximate surface area is 121 Å². The quantitative estimate of drug-likeness (QED) is 0.873. The number of carbonyl (C=O) groups excluding carboxylic acids is 1. The Balaban J connectivity index is 2.07. The van der Waals surface area contributed by atoms with Gasteiger partial charge in [0.1, 0.15) is 5.75 Å². The van der Waals surface area contributed by atoms with Gasteiger partial charge in [-0.2, -0.15) is 0 Å². The van der Waals surface area contributed by atoms with Crippen molar-refractivity contribution in [1.29, 1.82) is 0 Å². The van der Waals surface area contributed by atoms with Gasteiger partial charge in [-0.05, 0) is 38.8 Å². The topological polar surface area (TPSA) is 58.6 Å². The second kappa shape index (κ2) is 5.92. The van der Waals surface area contributed by atoms with E-state index in [0.717, 1.165) is 17.3 Å². The summed E-state index contributed by atoms with van der Waals surface area (Å²) in [4.78, 5) is 11.9. The zero-order valence-electron chi connectivity index (χ0n) is 11.0. The van der Waals surface area contributed by atoms with Crippen LogP contribution in [0.4, 0.5) is 0 Å². The third-order valence-corrected chi connectivity index (χ3v) is 3.52. The highest BCUT2D eigenvalue weighted by molar-refractivity contribution is 9.10. The van der Waals surface area contributed by atoms with Crippen LogP contribution in [0.25, 0.3) is 0 Å². The number of hydrogen-bond acceptors (Lipinski definition) is 3. The molecule has 1 saturated carbocycles. The standard InChI is InChI=1S/C14H18BrNO3/c1-8(17)12-6-3-10(15)7-13(12)19-9(2)14(18)16-11-4-5-11/h3,6-9,11,17H,4-5H2,1-2H3,(H,16,18). The van der Waals surface area contributed by atoms with Gasteiger partial charge in [0.15, 0.2) is 6.10 Å². The molecule has 0 bridgehead atoms. The zero-order chi connectivity index (χ0) is 14.0. The van der Waals surface area contributed by atoms with E-state index in [0.29, 0.717) is 17.4 Å². The van der Waals surface area contributed by atoms with E-state index >= 15 is 0 Å². The van der Waals surface area contributed by atoms with Gasteiger partial charge in [-0.25, -0.2) is 0 Å². The second-order valence-corrected chi connectivity index (χ2v) is 5.82. The van der Waals surface area contributed by atoms with Crippen molar-refractivity contribution in [3.05, 3.63) is 28.2 Å².